The molecule has 0 saturated carbocycles. The van der Waals surface area contributed by atoms with E-state index in [0.717, 1.165) is 33.0 Å². The molecule has 0 aliphatic carbocycles. The number of rotatable bonds is 2. The van der Waals surface area contributed by atoms with Gasteiger partial charge < -0.3 is 0 Å². The molecule has 0 fully saturated rings. The minimum absolute atomic E-state index is 0.883. The van der Waals surface area contributed by atoms with E-state index in [1.54, 1.807) is 17.5 Å². The van der Waals surface area contributed by atoms with Gasteiger partial charge in [0.25, 0.3) is 0 Å². The zero-order valence-electron chi connectivity index (χ0n) is 11.4. The molecule has 0 saturated heterocycles. The third kappa shape index (κ3) is 2.11. The van der Waals surface area contributed by atoms with Crippen molar-refractivity contribution in [3.63, 3.8) is 0 Å². The summed E-state index contributed by atoms with van der Waals surface area (Å²) in [5, 5.41) is 4.28. The molecule has 4 heterocycles. The van der Waals surface area contributed by atoms with Crippen LogP contribution in [0, 0.1) is 6.92 Å². The van der Waals surface area contributed by atoms with E-state index >= 15 is 0 Å². The molecule has 0 radical (unpaired) electrons. The van der Waals surface area contributed by atoms with Gasteiger partial charge in [-0.05, 0) is 31.2 Å². The molecule has 21 heavy (non-hydrogen) atoms. The van der Waals surface area contributed by atoms with Crippen LogP contribution in [0.2, 0.25) is 0 Å². The van der Waals surface area contributed by atoms with Crippen LogP contribution in [0.4, 0.5) is 0 Å². The van der Waals surface area contributed by atoms with E-state index in [2.05, 4.69) is 32.5 Å². The molecule has 0 N–H and O–H groups in total. The molecule has 5 heteroatoms. The van der Waals surface area contributed by atoms with E-state index in [4.69, 9.17) is 0 Å². The lowest BCUT2D eigenvalue weighted by Gasteiger charge is -2.04. The van der Waals surface area contributed by atoms with Crippen LogP contribution in [0.25, 0.3) is 28.0 Å². The van der Waals surface area contributed by atoms with Gasteiger partial charge in [-0.15, -0.1) is 11.3 Å². The van der Waals surface area contributed by atoms with Crippen molar-refractivity contribution in [2.24, 2.45) is 0 Å². The Kier molecular flexibility index (Phi) is 2.79. The van der Waals surface area contributed by atoms with E-state index < -0.39 is 0 Å². The maximum atomic E-state index is 4.56. The lowest BCUT2D eigenvalue weighted by molar-refractivity contribution is 1.04. The quantitative estimate of drug-likeness (QED) is 0.563. The molecule has 0 spiro atoms. The topological polar surface area (TPSA) is 43.6 Å². The fraction of sp³-hybridized carbons (Fsp3) is 0.0625. The van der Waals surface area contributed by atoms with Crippen LogP contribution in [-0.2, 0) is 0 Å². The number of thiazole rings is 1. The Morgan fingerprint density at radius 1 is 1.10 bits per heavy atom. The van der Waals surface area contributed by atoms with Crippen molar-refractivity contribution in [2.75, 3.05) is 0 Å². The predicted octanol–water partition coefficient (Wildman–Crippen LogP) is 3.85. The predicted molar refractivity (Wildman–Crippen MR) is 84.7 cm³/mol. The highest BCUT2D eigenvalue weighted by Gasteiger charge is 2.06. The van der Waals surface area contributed by atoms with Crippen LogP contribution in [0.15, 0.2) is 54.4 Å². The number of pyridine rings is 2. The van der Waals surface area contributed by atoms with E-state index in [0.29, 0.717) is 0 Å². The second-order valence-electron chi connectivity index (χ2n) is 4.78. The molecule has 0 amide bonds. The summed E-state index contributed by atoms with van der Waals surface area (Å²) in [6.07, 6.45) is 7.54. The Morgan fingerprint density at radius 2 is 2.05 bits per heavy atom. The monoisotopic (exact) mass is 292 g/mol. The van der Waals surface area contributed by atoms with E-state index in [9.17, 15) is 0 Å². The Hall–Kier alpha value is -2.53. The first-order valence-corrected chi connectivity index (χ1v) is 7.49. The van der Waals surface area contributed by atoms with Gasteiger partial charge in [-0.2, -0.15) is 0 Å². The van der Waals surface area contributed by atoms with Crippen molar-refractivity contribution in [3.8, 4) is 17.1 Å². The minimum atomic E-state index is 0.883. The number of fused-ring (bicyclic) bond motifs is 1. The molecule has 4 rings (SSSR count). The maximum absolute atomic E-state index is 4.56. The summed E-state index contributed by atoms with van der Waals surface area (Å²) in [7, 11) is 0. The van der Waals surface area contributed by atoms with Crippen LogP contribution in [0.1, 0.15) is 5.01 Å². The van der Waals surface area contributed by atoms with Gasteiger partial charge in [-0.25, -0.2) is 9.97 Å². The van der Waals surface area contributed by atoms with E-state index in [1.807, 2.05) is 42.2 Å². The Bertz CT molecular complexity index is 905. The molecule has 4 aromatic rings. The fourth-order valence-electron chi connectivity index (χ4n) is 2.35. The lowest BCUT2D eigenvalue weighted by atomic mass is 10.2. The highest BCUT2D eigenvalue weighted by Crippen LogP contribution is 2.23. The van der Waals surface area contributed by atoms with Crippen molar-refractivity contribution in [3.05, 3.63) is 59.4 Å². The highest BCUT2D eigenvalue weighted by atomic mass is 32.1. The van der Waals surface area contributed by atoms with Gasteiger partial charge in [0.2, 0.25) is 0 Å². The van der Waals surface area contributed by atoms with Gasteiger partial charge in [0.1, 0.15) is 5.82 Å². The average Bonchev–Trinajstić information content (AvgIpc) is 3.14. The third-order valence-electron chi connectivity index (χ3n) is 3.40. The SMILES string of the molecule is Cc1nc(-c2ccc(-n3ccc4ccncc43)nc2)cs1. The summed E-state index contributed by atoms with van der Waals surface area (Å²) in [6.45, 7) is 2.01. The summed E-state index contributed by atoms with van der Waals surface area (Å²) >= 11 is 1.65. The van der Waals surface area contributed by atoms with Gasteiger partial charge in [0, 0.05) is 34.9 Å². The standard InChI is InChI=1S/C16H12N4S/c1-11-19-14(10-21-11)13-2-3-16(18-8-13)20-7-5-12-4-6-17-9-15(12)20/h2-10H,1H3. The largest absolute Gasteiger partial charge is 0.300 e. The van der Waals surface area contributed by atoms with Crippen molar-refractivity contribution in [1.82, 2.24) is 19.5 Å². The molecule has 102 valence electrons. The van der Waals surface area contributed by atoms with Gasteiger partial charge in [-0.3, -0.25) is 9.55 Å². The average molecular weight is 292 g/mol. The summed E-state index contributed by atoms with van der Waals surface area (Å²) in [5.41, 5.74) is 3.08. The molecule has 0 aliphatic heterocycles. The first-order valence-electron chi connectivity index (χ1n) is 6.61. The number of nitrogens with zero attached hydrogens (tertiary/aromatic N) is 4. The zero-order chi connectivity index (χ0) is 14.2. The van der Waals surface area contributed by atoms with Gasteiger partial charge in [0.05, 0.1) is 22.4 Å². The Morgan fingerprint density at radius 3 is 2.81 bits per heavy atom. The smallest absolute Gasteiger partial charge is 0.137 e. The van der Waals surface area contributed by atoms with Gasteiger partial charge in [-0.1, -0.05) is 0 Å². The summed E-state index contributed by atoms with van der Waals surface area (Å²) < 4.78 is 2.04. The van der Waals surface area contributed by atoms with Crippen molar-refractivity contribution >= 4 is 22.2 Å². The number of aryl methyl sites for hydroxylation is 1. The normalized spacial score (nSPS) is 11.1. The molecule has 0 unspecified atom stereocenters. The van der Waals surface area contributed by atoms with Crippen molar-refractivity contribution < 1.29 is 0 Å². The van der Waals surface area contributed by atoms with Gasteiger partial charge in [0.15, 0.2) is 0 Å². The van der Waals surface area contributed by atoms with Gasteiger partial charge >= 0.3 is 0 Å². The first-order chi connectivity index (χ1) is 10.3. The molecule has 4 aromatic heterocycles. The van der Waals surface area contributed by atoms with Crippen LogP contribution in [0.5, 0.6) is 0 Å². The molecule has 0 atom stereocenters. The van der Waals surface area contributed by atoms with E-state index in [-0.39, 0.29) is 0 Å². The molecule has 0 bridgehead atoms. The molecule has 4 nitrogen and oxygen atoms in total. The Labute approximate surface area is 125 Å². The number of hydrogen-bond acceptors (Lipinski definition) is 4. The maximum Gasteiger partial charge on any atom is 0.137 e. The van der Waals surface area contributed by atoms with E-state index in [1.165, 1.54) is 0 Å². The van der Waals surface area contributed by atoms with Crippen LogP contribution >= 0.6 is 11.3 Å². The summed E-state index contributed by atoms with van der Waals surface area (Å²) in [4.78, 5) is 13.2. The van der Waals surface area contributed by atoms with Crippen LogP contribution in [0.3, 0.4) is 0 Å². The van der Waals surface area contributed by atoms with Crippen LogP contribution < -0.4 is 0 Å². The third-order valence-corrected chi connectivity index (χ3v) is 4.18. The second kappa shape index (κ2) is 4.79. The fourth-order valence-corrected chi connectivity index (χ4v) is 2.97. The highest BCUT2D eigenvalue weighted by molar-refractivity contribution is 7.09. The zero-order valence-corrected chi connectivity index (χ0v) is 12.2. The summed E-state index contributed by atoms with van der Waals surface area (Å²) in [6, 6.07) is 8.13. The lowest BCUT2D eigenvalue weighted by Crippen LogP contribution is -1.95. The number of hydrogen-bond donors (Lipinski definition) is 0. The molecular weight excluding hydrogens is 280 g/mol. The minimum Gasteiger partial charge on any atom is -0.300 e. The molecular formula is C16H12N4S. The summed E-state index contributed by atoms with van der Waals surface area (Å²) in [5.74, 6) is 0.883. The molecule has 0 aromatic carbocycles. The first kappa shape index (κ1) is 12.2. The van der Waals surface area contributed by atoms with Crippen molar-refractivity contribution in [1.29, 1.82) is 0 Å². The number of aromatic nitrogens is 4. The molecule has 0 aliphatic rings. The Balaban J connectivity index is 1.76. The second-order valence-corrected chi connectivity index (χ2v) is 5.84. The van der Waals surface area contributed by atoms with Crippen LogP contribution in [-0.4, -0.2) is 19.5 Å². The van der Waals surface area contributed by atoms with Crippen molar-refractivity contribution in [2.45, 2.75) is 6.92 Å².